The Kier molecular flexibility index (Phi) is 2.57. The highest BCUT2D eigenvalue weighted by atomic mass is 19.4. The topological polar surface area (TPSA) is 65.6 Å². The zero-order valence-electron chi connectivity index (χ0n) is 12.9. The maximum absolute atomic E-state index is 13.8. The van der Waals surface area contributed by atoms with Crippen molar-refractivity contribution in [1.29, 1.82) is 0 Å². The third kappa shape index (κ3) is 1.90. The lowest BCUT2D eigenvalue weighted by Gasteiger charge is -2.64. The van der Waals surface area contributed by atoms with Gasteiger partial charge in [0.15, 0.2) is 5.69 Å². The van der Waals surface area contributed by atoms with Crippen LogP contribution in [-0.4, -0.2) is 30.0 Å². The van der Waals surface area contributed by atoms with E-state index in [1.54, 1.807) is 0 Å². The SMILES string of the molecule is O=c1n(C23CC(F)(C2)C3)nc2n1C(c1cnc(C(F)(F)F)cn1)CC2. The van der Waals surface area contributed by atoms with Gasteiger partial charge < -0.3 is 0 Å². The van der Waals surface area contributed by atoms with Crippen LogP contribution in [0, 0.1) is 0 Å². The summed E-state index contributed by atoms with van der Waals surface area (Å²) in [5.41, 5.74) is -2.78. The van der Waals surface area contributed by atoms with Gasteiger partial charge in [-0.2, -0.15) is 18.3 Å². The summed E-state index contributed by atoms with van der Waals surface area (Å²) in [7, 11) is 0. The highest BCUT2D eigenvalue weighted by Crippen LogP contribution is 2.66. The third-order valence-corrected chi connectivity index (χ3v) is 5.52. The molecule has 3 fully saturated rings. The molecule has 25 heavy (non-hydrogen) atoms. The summed E-state index contributed by atoms with van der Waals surface area (Å²) in [4.78, 5) is 20.0. The molecule has 0 radical (unpaired) electrons. The number of hydrogen-bond donors (Lipinski definition) is 0. The van der Waals surface area contributed by atoms with Crippen LogP contribution in [0.25, 0.3) is 0 Å². The summed E-state index contributed by atoms with van der Waals surface area (Å²) < 4.78 is 54.4. The van der Waals surface area contributed by atoms with Gasteiger partial charge in [-0.05, 0) is 6.42 Å². The van der Waals surface area contributed by atoms with Crippen LogP contribution in [-0.2, 0) is 18.1 Å². The van der Waals surface area contributed by atoms with Crippen LogP contribution in [0.2, 0.25) is 0 Å². The van der Waals surface area contributed by atoms with Gasteiger partial charge in [-0.15, -0.1) is 0 Å². The highest BCUT2D eigenvalue weighted by Gasteiger charge is 2.72. The van der Waals surface area contributed by atoms with E-state index in [-0.39, 0.29) is 5.69 Å². The quantitative estimate of drug-likeness (QED) is 0.773. The first kappa shape index (κ1) is 15.0. The average Bonchev–Trinajstić information content (AvgIpc) is 3.03. The summed E-state index contributed by atoms with van der Waals surface area (Å²) in [6.07, 6.45) is -0.852. The first-order chi connectivity index (χ1) is 11.7. The number of aromatic nitrogens is 5. The lowest BCUT2D eigenvalue weighted by Crippen LogP contribution is -2.72. The number of halogens is 4. The molecule has 2 aromatic rings. The normalized spacial score (nSPS) is 32.9. The molecule has 0 amide bonds. The number of aryl methyl sites for hydroxylation is 1. The van der Waals surface area contributed by atoms with E-state index in [2.05, 4.69) is 15.1 Å². The van der Waals surface area contributed by atoms with Gasteiger partial charge in [0.1, 0.15) is 11.5 Å². The van der Waals surface area contributed by atoms with Crippen molar-refractivity contribution in [2.45, 2.75) is 55.5 Å². The Bertz CT molecular complexity index is 909. The standard InChI is InChI=1S/C15H13F4N5O/c16-13-5-14(6-13,7-13)24-12(25)23-9(1-2-11(23)22-24)8-3-21-10(4-20-8)15(17,18)19/h3-4,9H,1-2,5-7H2. The molecule has 10 heteroatoms. The van der Waals surface area contributed by atoms with Crippen molar-refractivity contribution in [3.8, 4) is 0 Å². The summed E-state index contributed by atoms with van der Waals surface area (Å²) in [5, 5.41) is 4.36. The van der Waals surface area contributed by atoms with Crippen LogP contribution in [0.4, 0.5) is 17.6 Å². The number of fused-ring (bicyclic) bond motifs is 1. The predicted molar refractivity (Wildman–Crippen MR) is 75.6 cm³/mol. The van der Waals surface area contributed by atoms with Gasteiger partial charge in [0.05, 0.1) is 29.7 Å². The lowest BCUT2D eigenvalue weighted by molar-refractivity contribution is -0.205. The summed E-state index contributed by atoms with van der Waals surface area (Å²) >= 11 is 0. The molecule has 1 unspecified atom stereocenters. The molecule has 0 saturated heterocycles. The Hall–Kier alpha value is -2.26. The zero-order chi connectivity index (χ0) is 17.6. The van der Waals surface area contributed by atoms with Crippen molar-refractivity contribution in [1.82, 2.24) is 24.3 Å². The zero-order valence-corrected chi connectivity index (χ0v) is 12.9. The minimum absolute atomic E-state index is 0.299. The number of alkyl halides is 4. The molecule has 1 aliphatic heterocycles. The highest BCUT2D eigenvalue weighted by molar-refractivity contribution is 5.23. The van der Waals surface area contributed by atoms with Gasteiger partial charge in [0.2, 0.25) is 0 Å². The average molecular weight is 355 g/mol. The van der Waals surface area contributed by atoms with Crippen LogP contribution in [0.1, 0.15) is 48.9 Å². The minimum Gasteiger partial charge on any atom is -0.270 e. The Balaban J connectivity index is 1.49. The molecule has 132 valence electrons. The van der Waals surface area contributed by atoms with Crippen molar-refractivity contribution >= 4 is 0 Å². The Labute approximate surface area is 138 Å². The predicted octanol–water partition coefficient (Wildman–Crippen LogP) is 1.99. The van der Waals surface area contributed by atoms with E-state index in [9.17, 15) is 22.4 Å². The van der Waals surface area contributed by atoms with Crippen molar-refractivity contribution < 1.29 is 17.6 Å². The van der Waals surface area contributed by atoms with E-state index < -0.39 is 29.1 Å². The maximum Gasteiger partial charge on any atom is 0.434 e. The molecule has 0 aromatic carbocycles. The smallest absolute Gasteiger partial charge is 0.270 e. The number of nitrogens with zero attached hydrogens (tertiary/aromatic N) is 5. The van der Waals surface area contributed by atoms with E-state index in [0.29, 0.717) is 49.8 Å². The molecule has 6 nitrogen and oxygen atoms in total. The molecule has 3 heterocycles. The van der Waals surface area contributed by atoms with Gasteiger partial charge in [-0.1, -0.05) is 0 Å². The van der Waals surface area contributed by atoms with Crippen molar-refractivity contribution in [3.05, 3.63) is 40.1 Å². The van der Waals surface area contributed by atoms with E-state index in [1.165, 1.54) is 9.25 Å². The fraction of sp³-hybridized carbons (Fsp3) is 0.600. The van der Waals surface area contributed by atoms with Crippen molar-refractivity contribution in [2.75, 3.05) is 0 Å². The molecular weight excluding hydrogens is 342 g/mol. The molecule has 4 aliphatic rings. The van der Waals surface area contributed by atoms with E-state index in [0.717, 1.165) is 6.20 Å². The van der Waals surface area contributed by atoms with Crippen LogP contribution in [0.3, 0.4) is 0 Å². The van der Waals surface area contributed by atoms with E-state index in [4.69, 9.17) is 0 Å². The molecule has 2 aromatic heterocycles. The fourth-order valence-corrected chi connectivity index (χ4v) is 4.38. The maximum atomic E-state index is 13.8. The Morgan fingerprint density at radius 3 is 2.44 bits per heavy atom. The molecule has 1 atom stereocenters. The number of rotatable bonds is 2. The van der Waals surface area contributed by atoms with Gasteiger partial charge in [-0.3, -0.25) is 9.55 Å². The third-order valence-electron chi connectivity index (χ3n) is 5.52. The molecule has 3 saturated carbocycles. The van der Waals surface area contributed by atoms with Crippen molar-refractivity contribution in [3.63, 3.8) is 0 Å². The molecule has 0 N–H and O–H groups in total. The second-order valence-electron chi connectivity index (χ2n) is 7.26. The van der Waals surface area contributed by atoms with Crippen LogP contribution < -0.4 is 5.69 Å². The second-order valence-corrected chi connectivity index (χ2v) is 7.26. The molecule has 3 aliphatic carbocycles. The van der Waals surface area contributed by atoms with Crippen molar-refractivity contribution in [2.24, 2.45) is 0 Å². The van der Waals surface area contributed by atoms with Crippen LogP contribution in [0.5, 0.6) is 0 Å². The van der Waals surface area contributed by atoms with E-state index in [1.807, 2.05) is 0 Å². The van der Waals surface area contributed by atoms with Gasteiger partial charge in [-0.25, -0.2) is 18.9 Å². The molecular formula is C15H13F4N5O. The first-order valence-corrected chi connectivity index (χ1v) is 8.00. The molecule has 6 rings (SSSR count). The van der Waals surface area contributed by atoms with Gasteiger partial charge >= 0.3 is 11.9 Å². The monoisotopic (exact) mass is 355 g/mol. The second kappa shape index (κ2) is 4.28. The van der Waals surface area contributed by atoms with E-state index >= 15 is 0 Å². The summed E-state index contributed by atoms with van der Waals surface area (Å²) in [6, 6.07) is -0.488. The van der Waals surface area contributed by atoms with Crippen LogP contribution in [0.15, 0.2) is 17.2 Å². The molecule has 0 spiro atoms. The first-order valence-electron chi connectivity index (χ1n) is 8.00. The minimum atomic E-state index is -4.56. The van der Waals surface area contributed by atoms with Crippen LogP contribution >= 0.6 is 0 Å². The molecule has 2 bridgehead atoms. The Morgan fingerprint density at radius 1 is 1.16 bits per heavy atom. The number of hydrogen-bond acceptors (Lipinski definition) is 4. The fourth-order valence-electron chi connectivity index (χ4n) is 4.38. The Morgan fingerprint density at radius 2 is 1.88 bits per heavy atom. The summed E-state index contributed by atoms with van der Waals surface area (Å²) in [5.74, 6) is 0.564. The largest absolute Gasteiger partial charge is 0.434 e. The summed E-state index contributed by atoms with van der Waals surface area (Å²) in [6.45, 7) is 0. The van der Waals surface area contributed by atoms with Gasteiger partial charge in [0, 0.05) is 25.7 Å². The van der Waals surface area contributed by atoms with Gasteiger partial charge in [0.25, 0.3) is 0 Å². The lowest BCUT2D eigenvalue weighted by atomic mass is 9.47.